The first-order chi connectivity index (χ1) is 14.3. The topological polar surface area (TPSA) is 66.5 Å². The van der Waals surface area contributed by atoms with Crippen LogP contribution in [0, 0.1) is 6.92 Å². The van der Waals surface area contributed by atoms with E-state index in [0.717, 1.165) is 15.4 Å². The predicted molar refractivity (Wildman–Crippen MR) is 120 cm³/mol. The first-order valence-electron chi connectivity index (χ1n) is 9.12. The molecule has 156 valence electrons. The molecule has 0 heterocycles. The van der Waals surface area contributed by atoms with Gasteiger partial charge in [-0.15, -0.1) is 0 Å². The maximum Gasteiger partial charge on any atom is 0.264 e. The van der Waals surface area contributed by atoms with Crippen LogP contribution in [0.5, 0.6) is 0 Å². The quantitative estimate of drug-likeness (QED) is 0.547. The van der Waals surface area contributed by atoms with Crippen LogP contribution in [0.3, 0.4) is 0 Å². The summed E-state index contributed by atoms with van der Waals surface area (Å²) in [6, 6.07) is 19.9. The summed E-state index contributed by atoms with van der Waals surface area (Å²) in [5, 5.41) is 3.79. The maximum atomic E-state index is 13.3. The summed E-state index contributed by atoms with van der Waals surface area (Å²) in [6.07, 6.45) is 0. The zero-order valence-electron chi connectivity index (χ0n) is 16.2. The molecule has 3 rings (SSSR count). The molecule has 0 saturated carbocycles. The van der Waals surface area contributed by atoms with Crippen molar-refractivity contribution in [2.45, 2.75) is 18.4 Å². The molecule has 0 spiro atoms. The van der Waals surface area contributed by atoms with E-state index in [1.54, 1.807) is 42.5 Å². The highest BCUT2D eigenvalue weighted by atomic mass is 35.5. The van der Waals surface area contributed by atoms with Gasteiger partial charge in [-0.3, -0.25) is 9.10 Å². The maximum absolute atomic E-state index is 13.3. The van der Waals surface area contributed by atoms with E-state index >= 15 is 0 Å². The Morgan fingerprint density at radius 3 is 2.13 bits per heavy atom. The third-order valence-electron chi connectivity index (χ3n) is 4.38. The number of carbonyl (C=O) groups excluding carboxylic acids is 1. The summed E-state index contributed by atoms with van der Waals surface area (Å²) in [5.41, 5.74) is 2.15. The van der Waals surface area contributed by atoms with Gasteiger partial charge in [0.1, 0.15) is 6.54 Å². The lowest BCUT2D eigenvalue weighted by molar-refractivity contribution is -0.119. The summed E-state index contributed by atoms with van der Waals surface area (Å²) < 4.78 is 27.7. The Labute approximate surface area is 186 Å². The van der Waals surface area contributed by atoms with E-state index in [9.17, 15) is 13.2 Å². The van der Waals surface area contributed by atoms with Crippen LogP contribution in [-0.2, 0) is 21.4 Å². The number of sulfonamides is 1. The third kappa shape index (κ3) is 5.53. The summed E-state index contributed by atoms with van der Waals surface area (Å²) in [7, 11) is -3.97. The van der Waals surface area contributed by atoms with E-state index in [1.807, 2.05) is 13.0 Å². The summed E-state index contributed by atoms with van der Waals surface area (Å²) in [6.45, 7) is 1.76. The number of nitrogens with one attached hydrogen (secondary N) is 1. The molecule has 0 aromatic heterocycles. The number of halogens is 2. The van der Waals surface area contributed by atoms with Gasteiger partial charge in [0.15, 0.2) is 0 Å². The summed E-state index contributed by atoms with van der Waals surface area (Å²) in [5.74, 6) is -0.427. The minimum absolute atomic E-state index is 0.0545. The molecular weight excluding hydrogens is 443 g/mol. The van der Waals surface area contributed by atoms with Crippen LogP contribution in [0.1, 0.15) is 11.1 Å². The van der Waals surface area contributed by atoms with E-state index in [0.29, 0.717) is 15.7 Å². The Morgan fingerprint density at radius 2 is 1.53 bits per heavy atom. The summed E-state index contributed by atoms with van der Waals surface area (Å²) >= 11 is 11.8. The molecule has 3 aromatic rings. The molecule has 1 amide bonds. The van der Waals surface area contributed by atoms with Gasteiger partial charge >= 0.3 is 0 Å². The fourth-order valence-corrected chi connectivity index (χ4v) is 4.49. The molecule has 5 nitrogen and oxygen atoms in total. The fraction of sp³-hybridized carbons (Fsp3) is 0.136. The number of nitrogens with zero attached hydrogens (tertiary/aromatic N) is 1. The van der Waals surface area contributed by atoms with E-state index < -0.39 is 15.9 Å². The molecule has 0 radical (unpaired) electrons. The molecule has 0 fully saturated rings. The van der Waals surface area contributed by atoms with Crippen molar-refractivity contribution >= 4 is 44.8 Å². The highest BCUT2D eigenvalue weighted by Crippen LogP contribution is 2.25. The van der Waals surface area contributed by atoms with E-state index in [1.165, 1.54) is 24.3 Å². The van der Waals surface area contributed by atoms with Crippen molar-refractivity contribution in [3.05, 3.63) is 94.0 Å². The average Bonchev–Trinajstić information content (AvgIpc) is 2.72. The molecule has 0 aliphatic heterocycles. The Morgan fingerprint density at radius 1 is 0.933 bits per heavy atom. The van der Waals surface area contributed by atoms with Crippen molar-refractivity contribution in [3.8, 4) is 0 Å². The smallest absolute Gasteiger partial charge is 0.264 e. The van der Waals surface area contributed by atoms with E-state index in [2.05, 4.69) is 5.32 Å². The van der Waals surface area contributed by atoms with Gasteiger partial charge in [0.2, 0.25) is 5.91 Å². The standard InChI is InChI=1S/C22H20Cl2N2O3S/c1-16-3-2-4-20(13-16)26(30(28,29)21-11-9-19(24)10-12-21)15-22(27)25-14-17-5-7-18(23)8-6-17/h2-13H,14-15H2,1H3,(H,25,27). The van der Waals surface area contributed by atoms with Crippen LogP contribution < -0.4 is 9.62 Å². The zero-order chi connectivity index (χ0) is 21.7. The molecule has 0 bridgehead atoms. The average molecular weight is 463 g/mol. The molecule has 0 aliphatic carbocycles. The largest absolute Gasteiger partial charge is 0.350 e. The Kier molecular flexibility index (Phi) is 7.02. The van der Waals surface area contributed by atoms with Gasteiger partial charge in [-0.2, -0.15) is 0 Å². The molecule has 0 aliphatic rings. The van der Waals surface area contributed by atoms with Crippen LogP contribution in [0.4, 0.5) is 5.69 Å². The lowest BCUT2D eigenvalue weighted by atomic mass is 10.2. The molecule has 0 unspecified atom stereocenters. The first-order valence-corrected chi connectivity index (χ1v) is 11.3. The minimum Gasteiger partial charge on any atom is -0.350 e. The first kappa shape index (κ1) is 22.2. The van der Waals surface area contributed by atoms with Crippen molar-refractivity contribution in [2.24, 2.45) is 0 Å². The van der Waals surface area contributed by atoms with Crippen LogP contribution in [0.15, 0.2) is 77.7 Å². The van der Waals surface area contributed by atoms with Gasteiger partial charge in [0.25, 0.3) is 10.0 Å². The molecule has 0 saturated heterocycles. The molecule has 30 heavy (non-hydrogen) atoms. The normalized spacial score (nSPS) is 11.2. The van der Waals surface area contributed by atoms with Crippen molar-refractivity contribution < 1.29 is 13.2 Å². The van der Waals surface area contributed by atoms with Gasteiger partial charge in [0.05, 0.1) is 10.6 Å². The van der Waals surface area contributed by atoms with Crippen LogP contribution >= 0.6 is 23.2 Å². The molecule has 1 N–H and O–H groups in total. The zero-order valence-corrected chi connectivity index (χ0v) is 18.5. The lowest BCUT2D eigenvalue weighted by Gasteiger charge is -2.24. The van der Waals surface area contributed by atoms with Crippen molar-refractivity contribution in [2.75, 3.05) is 10.8 Å². The Balaban J connectivity index is 1.85. The number of carbonyl (C=O) groups is 1. The highest BCUT2D eigenvalue weighted by molar-refractivity contribution is 7.92. The molecule has 0 atom stereocenters. The van der Waals surface area contributed by atoms with Crippen molar-refractivity contribution in [3.63, 3.8) is 0 Å². The molecule has 8 heteroatoms. The molecule has 3 aromatic carbocycles. The van der Waals surface area contributed by atoms with Crippen LogP contribution in [-0.4, -0.2) is 20.9 Å². The molecular formula is C22H20Cl2N2O3S. The second-order valence-corrected chi connectivity index (χ2v) is 9.44. The number of amides is 1. The van der Waals surface area contributed by atoms with E-state index in [-0.39, 0.29) is 18.0 Å². The number of anilines is 1. The van der Waals surface area contributed by atoms with Crippen molar-refractivity contribution in [1.29, 1.82) is 0 Å². The third-order valence-corrected chi connectivity index (χ3v) is 6.67. The predicted octanol–water partition coefficient (Wildman–Crippen LogP) is 4.81. The van der Waals surface area contributed by atoms with Crippen molar-refractivity contribution in [1.82, 2.24) is 5.32 Å². The number of rotatable bonds is 7. The van der Waals surface area contributed by atoms with Crippen LogP contribution in [0.2, 0.25) is 10.0 Å². The van der Waals surface area contributed by atoms with Crippen LogP contribution in [0.25, 0.3) is 0 Å². The van der Waals surface area contributed by atoms with Gasteiger partial charge in [-0.1, -0.05) is 47.5 Å². The van der Waals surface area contributed by atoms with E-state index in [4.69, 9.17) is 23.2 Å². The second-order valence-electron chi connectivity index (χ2n) is 6.71. The fourth-order valence-electron chi connectivity index (χ4n) is 2.82. The number of hydrogen-bond donors (Lipinski definition) is 1. The van der Waals surface area contributed by atoms with Gasteiger partial charge in [0, 0.05) is 16.6 Å². The number of benzene rings is 3. The summed E-state index contributed by atoms with van der Waals surface area (Å²) in [4.78, 5) is 12.7. The van der Waals surface area contributed by atoms with Gasteiger partial charge in [-0.25, -0.2) is 8.42 Å². The lowest BCUT2D eigenvalue weighted by Crippen LogP contribution is -2.40. The highest BCUT2D eigenvalue weighted by Gasteiger charge is 2.27. The monoisotopic (exact) mass is 462 g/mol. The Hall–Kier alpha value is -2.54. The van der Waals surface area contributed by atoms with Gasteiger partial charge in [-0.05, 0) is 66.6 Å². The Bertz CT molecular complexity index is 1130. The number of aryl methyl sites for hydroxylation is 1. The number of hydrogen-bond acceptors (Lipinski definition) is 3. The second kappa shape index (κ2) is 9.51. The van der Waals surface area contributed by atoms with Gasteiger partial charge < -0.3 is 5.32 Å². The minimum atomic E-state index is -3.97. The SMILES string of the molecule is Cc1cccc(N(CC(=O)NCc2ccc(Cl)cc2)S(=O)(=O)c2ccc(Cl)cc2)c1.